The van der Waals surface area contributed by atoms with Gasteiger partial charge in [-0.1, -0.05) is 289 Å². The molecule has 0 aliphatic heterocycles. The second kappa shape index (κ2) is 53.8. The predicted molar refractivity (Wildman–Crippen MR) is 307 cm³/mol. The van der Waals surface area contributed by atoms with Gasteiger partial charge in [0.05, 0.1) is 39.9 Å². The third kappa shape index (κ3) is 56.5. The molecule has 0 bridgehead atoms. The highest BCUT2D eigenvalue weighted by Crippen LogP contribution is 2.38. The number of likely N-dealkylation sites (N-methyl/N-ethyl adjacent to an activating group) is 1. The standard InChI is InChI=1S/C62H123N2O6P/c1-6-8-10-12-14-16-18-20-22-24-26-28-30-31-32-33-34-36-38-40-42-44-46-48-50-52-54-56-62(66)63-60(59-70-71(67,68)69-58-57-64(3,4)5)61(65)55-53-51-49-47-45-43-41-39-37-35-29-27-25-23-21-19-17-15-13-11-9-7-2/h18,20,24,26,60-61,65H,6-17,19,21-23,25,27-59H2,1-5H3,(H-,63,66,67,68)/b20-18-,26-24-. The maximum atomic E-state index is 13.0. The minimum Gasteiger partial charge on any atom is -0.756 e. The highest BCUT2D eigenvalue weighted by Gasteiger charge is 2.24. The first-order valence-electron chi connectivity index (χ1n) is 31.2. The first-order chi connectivity index (χ1) is 34.5. The Morgan fingerprint density at radius 2 is 0.817 bits per heavy atom. The molecule has 0 saturated heterocycles. The summed E-state index contributed by atoms with van der Waals surface area (Å²) in [7, 11) is 1.32. The molecular formula is C62H123N2O6P. The summed E-state index contributed by atoms with van der Waals surface area (Å²) in [6, 6.07) is -0.800. The Labute approximate surface area is 443 Å². The lowest BCUT2D eigenvalue weighted by atomic mass is 10.0. The van der Waals surface area contributed by atoms with Crippen molar-refractivity contribution in [1.29, 1.82) is 0 Å². The van der Waals surface area contributed by atoms with Crippen LogP contribution in [0.2, 0.25) is 0 Å². The van der Waals surface area contributed by atoms with E-state index in [1.54, 1.807) is 0 Å². The van der Waals surface area contributed by atoms with E-state index in [4.69, 9.17) is 9.05 Å². The van der Waals surface area contributed by atoms with Crippen molar-refractivity contribution in [2.24, 2.45) is 0 Å². The fourth-order valence-electron chi connectivity index (χ4n) is 9.54. The Hall–Kier alpha value is -1.02. The van der Waals surface area contributed by atoms with Gasteiger partial charge in [-0.15, -0.1) is 0 Å². The number of quaternary nitrogens is 1. The van der Waals surface area contributed by atoms with Crippen LogP contribution in [0.5, 0.6) is 0 Å². The number of carbonyl (C=O) groups is 1. The summed E-state index contributed by atoms with van der Waals surface area (Å²) < 4.78 is 23.5. The third-order valence-corrected chi connectivity index (χ3v) is 15.4. The van der Waals surface area contributed by atoms with Crippen molar-refractivity contribution in [3.63, 3.8) is 0 Å². The van der Waals surface area contributed by atoms with Crippen LogP contribution in [0.4, 0.5) is 0 Å². The molecule has 8 nitrogen and oxygen atoms in total. The van der Waals surface area contributed by atoms with E-state index in [-0.39, 0.29) is 19.1 Å². The van der Waals surface area contributed by atoms with E-state index in [9.17, 15) is 19.4 Å². The van der Waals surface area contributed by atoms with Crippen molar-refractivity contribution in [3.05, 3.63) is 24.3 Å². The summed E-state index contributed by atoms with van der Waals surface area (Å²) in [6.45, 7) is 4.76. The molecule has 0 radical (unpaired) electrons. The largest absolute Gasteiger partial charge is 0.756 e. The molecule has 0 aromatic heterocycles. The minimum atomic E-state index is -4.57. The van der Waals surface area contributed by atoms with Crippen LogP contribution in [0.15, 0.2) is 24.3 Å². The quantitative estimate of drug-likeness (QED) is 0.0272. The maximum absolute atomic E-state index is 13.0. The van der Waals surface area contributed by atoms with Crippen molar-refractivity contribution in [1.82, 2.24) is 5.32 Å². The van der Waals surface area contributed by atoms with Crippen LogP contribution in [0.25, 0.3) is 0 Å². The minimum absolute atomic E-state index is 0.0143. The smallest absolute Gasteiger partial charge is 0.268 e. The first-order valence-corrected chi connectivity index (χ1v) is 32.6. The number of phosphoric ester groups is 1. The Morgan fingerprint density at radius 3 is 1.17 bits per heavy atom. The van der Waals surface area contributed by atoms with Gasteiger partial charge < -0.3 is 28.8 Å². The van der Waals surface area contributed by atoms with Crippen LogP contribution in [0, 0.1) is 0 Å². The number of aliphatic hydroxyl groups is 1. The van der Waals surface area contributed by atoms with E-state index in [0.29, 0.717) is 23.9 Å². The van der Waals surface area contributed by atoms with Gasteiger partial charge in [0.2, 0.25) is 5.91 Å². The molecule has 0 heterocycles. The number of rotatable bonds is 58. The number of phosphoric acid groups is 1. The molecule has 0 fully saturated rings. The lowest BCUT2D eigenvalue weighted by molar-refractivity contribution is -0.870. The molecule has 2 N–H and O–H groups in total. The molecule has 0 rings (SSSR count). The fraction of sp³-hybridized carbons (Fsp3) is 0.919. The zero-order chi connectivity index (χ0) is 52.0. The maximum Gasteiger partial charge on any atom is 0.268 e. The van der Waals surface area contributed by atoms with Gasteiger partial charge in [0, 0.05) is 6.42 Å². The number of nitrogens with one attached hydrogen (secondary N) is 1. The van der Waals surface area contributed by atoms with E-state index in [2.05, 4.69) is 43.5 Å². The molecule has 0 aromatic carbocycles. The number of carbonyl (C=O) groups excluding carboxylic acids is 1. The average molecular weight is 1020 g/mol. The summed E-state index contributed by atoms with van der Waals surface area (Å²) >= 11 is 0. The normalized spacial score (nSPS) is 14.0. The number of amides is 1. The number of allylic oxidation sites excluding steroid dienone is 4. The Bertz CT molecular complexity index is 1210. The van der Waals surface area contributed by atoms with Crippen molar-refractivity contribution in [3.8, 4) is 0 Å². The lowest BCUT2D eigenvalue weighted by Gasteiger charge is -2.30. The second-order valence-electron chi connectivity index (χ2n) is 22.8. The number of unbranched alkanes of at least 4 members (excludes halogenated alkanes) is 41. The van der Waals surface area contributed by atoms with E-state index in [1.807, 2.05) is 21.1 Å². The van der Waals surface area contributed by atoms with Crippen molar-refractivity contribution < 1.29 is 32.9 Å². The van der Waals surface area contributed by atoms with Gasteiger partial charge in [0.25, 0.3) is 7.82 Å². The zero-order valence-corrected chi connectivity index (χ0v) is 49.1. The average Bonchev–Trinajstić information content (AvgIpc) is 3.33. The number of hydrogen-bond acceptors (Lipinski definition) is 6. The van der Waals surface area contributed by atoms with Gasteiger partial charge in [-0.2, -0.15) is 0 Å². The van der Waals surface area contributed by atoms with Gasteiger partial charge in [0.15, 0.2) is 0 Å². The molecule has 0 saturated carbocycles. The van der Waals surface area contributed by atoms with Gasteiger partial charge in [-0.25, -0.2) is 0 Å². The Morgan fingerprint density at radius 1 is 0.493 bits per heavy atom. The number of nitrogens with zero attached hydrogens (tertiary/aromatic N) is 1. The van der Waals surface area contributed by atoms with Crippen LogP contribution in [-0.2, 0) is 18.4 Å². The van der Waals surface area contributed by atoms with E-state index in [1.165, 1.54) is 244 Å². The number of hydrogen-bond donors (Lipinski definition) is 2. The zero-order valence-electron chi connectivity index (χ0n) is 48.2. The third-order valence-electron chi connectivity index (χ3n) is 14.4. The van der Waals surface area contributed by atoms with Gasteiger partial charge in [-0.05, 0) is 44.9 Å². The molecule has 1 amide bonds. The number of aliphatic hydroxyl groups excluding tert-OH is 1. The van der Waals surface area contributed by atoms with Crippen molar-refractivity contribution in [2.45, 2.75) is 328 Å². The fourth-order valence-corrected chi connectivity index (χ4v) is 10.3. The van der Waals surface area contributed by atoms with Gasteiger partial charge >= 0.3 is 0 Å². The van der Waals surface area contributed by atoms with Crippen molar-refractivity contribution in [2.75, 3.05) is 40.9 Å². The van der Waals surface area contributed by atoms with Gasteiger partial charge in [0.1, 0.15) is 13.2 Å². The molecule has 0 aromatic rings. The molecule has 3 atom stereocenters. The van der Waals surface area contributed by atoms with E-state index in [0.717, 1.165) is 44.9 Å². The van der Waals surface area contributed by atoms with E-state index < -0.39 is 20.0 Å². The summed E-state index contributed by atoms with van der Waals surface area (Å²) in [5, 5.41) is 14.1. The van der Waals surface area contributed by atoms with Crippen LogP contribution in [0.1, 0.15) is 316 Å². The molecule has 0 aliphatic rings. The molecular weight excluding hydrogens is 900 g/mol. The van der Waals surface area contributed by atoms with Crippen LogP contribution in [-0.4, -0.2) is 68.5 Å². The summed E-state index contributed by atoms with van der Waals surface area (Å²) in [5.74, 6) is -0.159. The topological polar surface area (TPSA) is 108 Å². The highest BCUT2D eigenvalue weighted by molar-refractivity contribution is 7.45. The second-order valence-corrected chi connectivity index (χ2v) is 24.2. The first kappa shape index (κ1) is 70.0. The Balaban J connectivity index is 4.09. The predicted octanol–water partition coefficient (Wildman–Crippen LogP) is 18.5. The van der Waals surface area contributed by atoms with Crippen molar-refractivity contribution >= 4 is 13.7 Å². The molecule has 9 heteroatoms. The monoisotopic (exact) mass is 1020 g/mol. The summed E-state index contributed by atoms with van der Waals surface area (Å²) in [4.78, 5) is 25.6. The highest BCUT2D eigenvalue weighted by atomic mass is 31.2. The van der Waals surface area contributed by atoms with Crippen LogP contribution in [0.3, 0.4) is 0 Å². The molecule has 422 valence electrons. The SMILES string of the molecule is CCCCCCC/C=C\C/C=C\CCCCCCCCCCCCCCCCCC(=O)NC(COP(=O)([O-])OCC[N+](C)(C)C)C(O)CCCCCCCCCCCCCCCCCCCCCCCC. The Kier molecular flexibility index (Phi) is 53.0. The summed E-state index contributed by atoms with van der Waals surface area (Å²) in [6.07, 6.45) is 67.9. The molecule has 0 aliphatic carbocycles. The molecule has 3 unspecified atom stereocenters. The lowest BCUT2D eigenvalue weighted by Crippen LogP contribution is -2.46. The molecule has 71 heavy (non-hydrogen) atoms. The molecule has 0 spiro atoms. The summed E-state index contributed by atoms with van der Waals surface area (Å²) in [5.41, 5.74) is 0. The van der Waals surface area contributed by atoms with E-state index >= 15 is 0 Å². The van der Waals surface area contributed by atoms with Gasteiger partial charge in [-0.3, -0.25) is 9.36 Å². The van der Waals surface area contributed by atoms with Crippen LogP contribution >= 0.6 is 7.82 Å². The van der Waals surface area contributed by atoms with Crippen LogP contribution < -0.4 is 10.2 Å².